The molecule has 8 nitrogen and oxygen atoms in total. The van der Waals surface area contributed by atoms with Crippen molar-refractivity contribution >= 4 is 5.97 Å². The standard InChI is InChI=1S/C24H26N2O6/c1-24(29)12-16-20(22(27)26-25-16)19(15-9-10-17(30-2)18(11-15)31-3)21(24)23(28)32-13-14-7-5-4-6-8-14/h4-11,19,21,29H,12-13H2,1-3H3,(H2,25,26,27)/t19-,21+,24-/m1/s1. The van der Waals surface area contributed by atoms with Crippen molar-refractivity contribution in [3.8, 4) is 11.5 Å². The second kappa shape index (κ2) is 8.55. The first-order valence-corrected chi connectivity index (χ1v) is 10.3. The normalized spacial score (nSPS) is 22.1. The van der Waals surface area contributed by atoms with Crippen molar-refractivity contribution in [1.29, 1.82) is 0 Å². The fraction of sp³-hybridized carbons (Fsp3) is 0.333. The molecule has 4 rings (SSSR count). The minimum atomic E-state index is -1.45. The van der Waals surface area contributed by atoms with Gasteiger partial charge in [-0.3, -0.25) is 14.7 Å². The summed E-state index contributed by atoms with van der Waals surface area (Å²) in [5.74, 6) is -1.35. The van der Waals surface area contributed by atoms with E-state index < -0.39 is 23.4 Å². The molecule has 32 heavy (non-hydrogen) atoms. The molecule has 0 saturated heterocycles. The fourth-order valence-electron chi connectivity index (χ4n) is 4.48. The van der Waals surface area contributed by atoms with E-state index in [1.165, 1.54) is 14.2 Å². The molecule has 0 spiro atoms. The smallest absolute Gasteiger partial charge is 0.313 e. The van der Waals surface area contributed by atoms with Crippen LogP contribution in [0.25, 0.3) is 0 Å². The molecule has 0 unspecified atom stereocenters. The number of methoxy groups -OCH3 is 2. The number of aromatic amines is 2. The summed E-state index contributed by atoms with van der Waals surface area (Å²) in [7, 11) is 3.04. The van der Waals surface area contributed by atoms with Crippen LogP contribution in [0.2, 0.25) is 0 Å². The van der Waals surface area contributed by atoms with E-state index in [0.717, 1.165) is 5.56 Å². The van der Waals surface area contributed by atoms with Gasteiger partial charge >= 0.3 is 5.97 Å². The molecular weight excluding hydrogens is 412 g/mol. The summed E-state index contributed by atoms with van der Waals surface area (Å²) < 4.78 is 16.4. The Kier molecular flexibility index (Phi) is 5.80. The summed E-state index contributed by atoms with van der Waals surface area (Å²) in [6.45, 7) is 1.66. The quantitative estimate of drug-likeness (QED) is 0.510. The minimum Gasteiger partial charge on any atom is -0.493 e. The predicted molar refractivity (Wildman–Crippen MR) is 117 cm³/mol. The van der Waals surface area contributed by atoms with E-state index in [1.807, 2.05) is 30.3 Å². The van der Waals surface area contributed by atoms with Gasteiger partial charge in [-0.05, 0) is 30.2 Å². The maximum absolute atomic E-state index is 13.3. The first-order chi connectivity index (χ1) is 15.4. The van der Waals surface area contributed by atoms with Gasteiger partial charge in [-0.1, -0.05) is 36.4 Å². The van der Waals surface area contributed by atoms with Crippen LogP contribution in [-0.4, -0.2) is 41.1 Å². The highest BCUT2D eigenvalue weighted by molar-refractivity contribution is 5.77. The van der Waals surface area contributed by atoms with Gasteiger partial charge in [0.05, 0.1) is 25.7 Å². The lowest BCUT2D eigenvalue weighted by atomic mass is 9.66. The number of H-pyrrole nitrogens is 2. The Hall–Kier alpha value is -3.52. The van der Waals surface area contributed by atoms with Gasteiger partial charge in [0.1, 0.15) is 6.61 Å². The molecule has 1 aliphatic rings. The van der Waals surface area contributed by atoms with Crippen LogP contribution >= 0.6 is 0 Å². The number of aromatic nitrogens is 2. The van der Waals surface area contributed by atoms with Gasteiger partial charge in [0.2, 0.25) is 0 Å². The van der Waals surface area contributed by atoms with Crippen LogP contribution in [0.4, 0.5) is 0 Å². The van der Waals surface area contributed by atoms with E-state index in [-0.39, 0.29) is 18.6 Å². The fourth-order valence-corrected chi connectivity index (χ4v) is 4.48. The van der Waals surface area contributed by atoms with Crippen LogP contribution in [0.3, 0.4) is 0 Å². The number of benzene rings is 2. The number of rotatable bonds is 6. The number of aliphatic hydroxyl groups is 1. The molecule has 0 saturated carbocycles. The first-order valence-electron chi connectivity index (χ1n) is 10.3. The van der Waals surface area contributed by atoms with Crippen LogP contribution in [0, 0.1) is 5.92 Å². The zero-order chi connectivity index (χ0) is 22.9. The number of carbonyl (C=O) groups is 1. The Morgan fingerprint density at radius 2 is 1.81 bits per heavy atom. The Morgan fingerprint density at radius 1 is 1.09 bits per heavy atom. The third-order valence-electron chi connectivity index (χ3n) is 5.99. The highest BCUT2D eigenvalue weighted by Crippen LogP contribution is 2.46. The van der Waals surface area contributed by atoms with Crippen molar-refractivity contribution in [3.63, 3.8) is 0 Å². The van der Waals surface area contributed by atoms with Crippen molar-refractivity contribution in [2.24, 2.45) is 5.92 Å². The minimum absolute atomic E-state index is 0.0707. The Balaban J connectivity index is 1.78. The molecule has 3 N–H and O–H groups in total. The van der Waals surface area contributed by atoms with Gasteiger partial charge < -0.3 is 24.4 Å². The summed E-state index contributed by atoms with van der Waals surface area (Å²) in [5, 5.41) is 16.8. The summed E-state index contributed by atoms with van der Waals surface area (Å²) in [5.41, 5.74) is 0.646. The average molecular weight is 438 g/mol. The van der Waals surface area contributed by atoms with Gasteiger partial charge in [0, 0.05) is 23.6 Å². The van der Waals surface area contributed by atoms with Crippen molar-refractivity contribution in [2.45, 2.75) is 31.5 Å². The maximum Gasteiger partial charge on any atom is 0.313 e. The molecular formula is C24H26N2O6. The topological polar surface area (TPSA) is 114 Å². The third kappa shape index (κ3) is 3.89. The van der Waals surface area contributed by atoms with Gasteiger partial charge in [-0.25, -0.2) is 0 Å². The molecule has 168 valence electrons. The number of carbonyl (C=O) groups excluding carboxylic acids is 1. The van der Waals surface area contributed by atoms with Crippen molar-refractivity contribution < 1.29 is 24.1 Å². The first kappa shape index (κ1) is 21.7. The number of fused-ring (bicyclic) bond motifs is 1. The van der Waals surface area contributed by atoms with Gasteiger partial charge in [-0.2, -0.15) is 0 Å². The second-order valence-electron chi connectivity index (χ2n) is 8.17. The maximum atomic E-state index is 13.3. The monoisotopic (exact) mass is 438 g/mol. The lowest BCUT2D eigenvalue weighted by Gasteiger charge is -2.40. The van der Waals surface area contributed by atoms with E-state index in [1.54, 1.807) is 25.1 Å². The molecule has 1 aromatic heterocycles. The van der Waals surface area contributed by atoms with Crippen LogP contribution in [0.1, 0.15) is 35.2 Å². The molecule has 3 aromatic rings. The Morgan fingerprint density at radius 3 is 2.50 bits per heavy atom. The summed E-state index contributed by atoms with van der Waals surface area (Å²) in [6.07, 6.45) is 0.107. The van der Waals surface area contributed by atoms with Crippen LogP contribution < -0.4 is 15.0 Å². The van der Waals surface area contributed by atoms with Crippen molar-refractivity contribution in [3.05, 3.63) is 81.3 Å². The number of hydrogen-bond acceptors (Lipinski definition) is 6. The number of ether oxygens (including phenoxy) is 3. The van der Waals surface area contributed by atoms with E-state index in [4.69, 9.17) is 14.2 Å². The van der Waals surface area contributed by atoms with Crippen molar-refractivity contribution in [2.75, 3.05) is 14.2 Å². The largest absolute Gasteiger partial charge is 0.493 e. The molecule has 0 radical (unpaired) electrons. The summed E-state index contributed by atoms with van der Waals surface area (Å²) in [6, 6.07) is 14.5. The molecule has 8 heteroatoms. The highest BCUT2D eigenvalue weighted by atomic mass is 16.5. The van der Waals surface area contributed by atoms with Crippen LogP contribution in [-0.2, 0) is 22.6 Å². The van der Waals surface area contributed by atoms with E-state index in [0.29, 0.717) is 28.3 Å². The van der Waals surface area contributed by atoms with Crippen molar-refractivity contribution in [1.82, 2.24) is 10.2 Å². The molecule has 2 aromatic carbocycles. The second-order valence-corrected chi connectivity index (χ2v) is 8.17. The zero-order valence-corrected chi connectivity index (χ0v) is 18.2. The molecule has 0 aliphatic heterocycles. The molecule has 1 aliphatic carbocycles. The van der Waals surface area contributed by atoms with Crippen LogP contribution in [0.5, 0.6) is 11.5 Å². The lowest BCUT2D eigenvalue weighted by molar-refractivity contribution is -0.161. The molecule has 0 bridgehead atoms. The average Bonchev–Trinajstić information content (AvgIpc) is 3.15. The van der Waals surface area contributed by atoms with E-state index >= 15 is 0 Å². The van der Waals surface area contributed by atoms with E-state index in [2.05, 4.69) is 10.2 Å². The number of esters is 1. The van der Waals surface area contributed by atoms with Gasteiger partial charge in [-0.15, -0.1) is 0 Å². The summed E-state index contributed by atoms with van der Waals surface area (Å²) >= 11 is 0. The molecule has 1 heterocycles. The number of hydrogen-bond donors (Lipinski definition) is 3. The zero-order valence-electron chi connectivity index (χ0n) is 18.2. The Labute approximate surface area is 185 Å². The SMILES string of the molecule is COc1ccc([C@@H]2c3c([nH][nH]c3=O)C[C@@](C)(O)[C@@H]2C(=O)OCc2ccccc2)cc1OC. The predicted octanol–water partition coefficient (Wildman–Crippen LogP) is 2.52. The van der Waals surface area contributed by atoms with Gasteiger partial charge in [0.25, 0.3) is 5.56 Å². The molecule has 0 fully saturated rings. The summed E-state index contributed by atoms with van der Waals surface area (Å²) in [4.78, 5) is 26.0. The third-order valence-corrected chi connectivity index (χ3v) is 5.99. The van der Waals surface area contributed by atoms with Gasteiger partial charge in [0.15, 0.2) is 11.5 Å². The highest BCUT2D eigenvalue weighted by Gasteiger charge is 2.51. The lowest BCUT2D eigenvalue weighted by Crippen LogP contribution is -2.50. The Bertz CT molecular complexity index is 1160. The van der Waals surface area contributed by atoms with E-state index in [9.17, 15) is 14.7 Å². The molecule has 3 atom stereocenters. The van der Waals surface area contributed by atoms with Crippen LogP contribution in [0.15, 0.2) is 53.3 Å². The molecule has 0 amide bonds. The number of nitrogens with one attached hydrogen (secondary N) is 2.